The number of hydrogen-bond donors (Lipinski definition) is 2. The second-order valence-electron chi connectivity index (χ2n) is 5.20. The van der Waals surface area contributed by atoms with Crippen molar-refractivity contribution in [2.45, 2.75) is 49.6 Å². The molecule has 3 nitrogen and oxygen atoms in total. The quantitative estimate of drug-likeness (QED) is 0.814. The van der Waals surface area contributed by atoms with Crippen LogP contribution < -0.4 is 11.1 Å². The fourth-order valence-electron chi connectivity index (χ4n) is 2.38. The number of rotatable bonds is 5. The summed E-state index contributed by atoms with van der Waals surface area (Å²) >= 11 is 1.58. The summed E-state index contributed by atoms with van der Waals surface area (Å²) in [5.74, 6) is 0.627. The van der Waals surface area contributed by atoms with Gasteiger partial charge in [0.05, 0.1) is 5.75 Å². The molecule has 1 saturated carbocycles. The smallest absolute Gasteiger partial charge is 0.230 e. The van der Waals surface area contributed by atoms with Gasteiger partial charge < -0.3 is 11.1 Å². The highest BCUT2D eigenvalue weighted by Gasteiger charge is 2.16. The first-order chi connectivity index (χ1) is 9.15. The Balaban J connectivity index is 1.80. The maximum atomic E-state index is 11.8. The van der Waals surface area contributed by atoms with E-state index in [1.807, 2.05) is 25.1 Å². The Morgan fingerprint density at radius 1 is 1.47 bits per heavy atom. The zero-order valence-electron chi connectivity index (χ0n) is 11.4. The Morgan fingerprint density at radius 3 is 2.89 bits per heavy atom. The van der Waals surface area contributed by atoms with Gasteiger partial charge in [0.2, 0.25) is 5.91 Å². The summed E-state index contributed by atoms with van der Waals surface area (Å²) in [4.78, 5) is 12.9. The van der Waals surface area contributed by atoms with Crippen LogP contribution in [0.1, 0.15) is 44.2 Å². The Kier molecular flexibility index (Phi) is 5.28. The van der Waals surface area contributed by atoms with Gasteiger partial charge in [0.1, 0.15) is 0 Å². The van der Waals surface area contributed by atoms with E-state index in [-0.39, 0.29) is 11.9 Å². The summed E-state index contributed by atoms with van der Waals surface area (Å²) in [5, 5.41) is 3.10. The first-order valence-corrected chi connectivity index (χ1v) is 7.91. The van der Waals surface area contributed by atoms with Gasteiger partial charge >= 0.3 is 0 Å². The SMILES string of the molecule is CC(N)c1cccc(SCC(=O)NC2CCCC2)c1. The largest absolute Gasteiger partial charge is 0.353 e. The van der Waals surface area contributed by atoms with Crippen LogP contribution in [0.5, 0.6) is 0 Å². The molecule has 104 valence electrons. The van der Waals surface area contributed by atoms with Crippen molar-refractivity contribution < 1.29 is 4.79 Å². The lowest BCUT2D eigenvalue weighted by atomic mass is 10.1. The average Bonchev–Trinajstić information content (AvgIpc) is 2.89. The molecule has 0 spiro atoms. The van der Waals surface area contributed by atoms with Crippen LogP contribution in [0.3, 0.4) is 0 Å². The molecule has 0 radical (unpaired) electrons. The number of nitrogens with two attached hydrogens (primary N) is 1. The van der Waals surface area contributed by atoms with E-state index in [0.29, 0.717) is 11.8 Å². The number of nitrogens with one attached hydrogen (secondary N) is 1. The van der Waals surface area contributed by atoms with Crippen molar-refractivity contribution in [3.63, 3.8) is 0 Å². The molecular formula is C15H22N2OS. The summed E-state index contributed by atoms with van der Waals surface area (Å²) in [7, 11) is 0. The highest BCUT2D eigenvalue weighted by atomic mass is 32.2. The molecule has 1 aliphatic rings. The maximum absolute atomic E-state index is 11.8. The molecular weight excluding hydrogens is 256 g/mol. The van der Waals surface area contributed by atoms with Crippen molar-refractivity contribution in [1.29, 1.82) is 0 Å². The number of benzene rings is 1. The Morgan fingerprint density at radius 2 is 2.21 bits per heavy atom. The van der Waals surface area contributed by atoms with Gasteiger partial charge in [0.15, 0.2) is 0 Å². The van der Waals surface area contributed by atoms with Crippen LogP contribution in [0.25, 0.3) is 0 Å². The average molecular weight is 278 g/mol. The van der Waals surface area contributed by atoms with Crippen molar-refractivity contribution in [2.24, 2.45) is 5.73 Å². The molecule has 19 heavy (non-hydrogen) atoms. The second kappa shape index (κ2) is 6.96. The van der Waals surface area contributed by atoms with E-state index in [2.05, 4.69) is 11.4 Å². The van der Waals surface area contributed by atoms with Crippen LogP contribution in [-0.2, 0) is 4.79 Å². The van der Waals surface area contributed by atoms with Crippen molar-refractivity contribution >= 4 is 17.7 Å². The zero-order valence-corrected chi connectivity index (χ0v) is 12.2. The molecule has 0 aliphatic heterocycles. The summed E-state index contributed by atoms with van der Waals surface area (Å²) in [6, 6.07) is 8.55. The van der Waals surface area contributed by atoms with Gasteiger partial charge in [-0.05, 0) is 37.5 Å². The lowest BCUT2D eigenvalue weighted by Crippen LogP contribution is -2.33. The van der Waals surface area contributed by atoms with Crippen LogP contribution in [0.4, 0.5) is 0 Å². The minimum atomic E-state index is 0.0351. The monoisotopic (exact) mass is 278 g/mol. The third-order valence-corrected chi connectivity index (χ3v) is 4.47. The van der Waals surface area contributed by atoms with Crippen molar-refractivity contribution in [3.8, 4) is 0 Å². The first kappa shape index (κ1) is 14.4. The third-order valence-electron chi connectivity index (χ3n) is 3.47. The molecule has 1 amide bonds. The highest BCUT2D eigenvalue weighted by Crippen LogP contribution is 2.22. The van der Waals surface area contributed by atoms with Crippen molar-refractivity contribution in [1.82, 2.24) is 5.32 Å². The highest BCUT2D eigenvalue weighted by molar-refractivity contribution is 8.00. The van der Waals surface area contributed by atoms with Crippen LogP contribution in [0.2, 0.25) is 0 Å². The first-order valence-electron chi connectivity index (χ1n) is 6.93. The fraction of sp³-hybridized carbons (Fsp3) is 0.533. The summed E-state index contributed by atoms with van der Waals surface area (Å²) in [6.07, 6.45) is 4.76. The molecule has 0 aromatic heterocycles. The topological polar surface area (TPSA) is 55.1 Å². The van der Waals surface area contributed by atoms with E-state index < -0.39 is 0 Å². The molecule has 2 rings (SSSR count). The van der Waals surface area contributed by atoms with Gasteiger partial charge in [0, 0.05) is 17.0 Å². The van der Waals surface area contributed by atoms with E-state index in [1.54, 1.807) is 11.8 Å². The fourth-order valence-corrected chi connectivity index (χ4v) is 3.15. The van der Waals surface area contributed by atoms with Crippen LogP contribution in [0.15, 0.2) is 29.2 Å². The van der Waals surface area contributed by atoms with Crippen LogP contribution in [-0.4, -0.2) is 17.7 Å². The molecule has 1 fully saturated rings. The number of hydrogen-bond acceptors (Lipinski definition) is 3. The molecule has 1 unspecified atom stereocenters. The van der Waals surface area contributed by atoms with E-state index in [0.717, 1.165) is 23.3 Å². The number of thioether (sulfide) groups is 1. The van der Waals surface area contributed by atoms with Gasteiger partial charge in [-0.15, -0.1) is 11.8 Å². The Hall–Kier alpha value is -1.00. The molecule has 1 aliphatic carbocycles. The van der Waals surface area contributed by atoms with Crippen LogP contribution >= 0.6 is 11.8 Å². The predicted molar refractivity (Wildman–Crippen MR) is 80.2 cm³/mol. The summed E-state index contributed by atoms with van der Waals surface area (Å²) < 4.78 is 0. The minimum absolute atomic E-state index is 0.0351. The molecule has 1 atom stereocenters. The molecule has 1 aromatic carbocycles. The summed E-state index contributed by atoms with van der Waals surface area (Å²) in [5.41, 5.74) is 6.97. The molecule has 0 saturated heterocycles. The maximum Gasteiger partial charge on any atom is 0.230 e. The molecule has 1 aromatic rings. The van der Waals surface area contributed by atoms with Crippen LogP contribution in [0, 0.1) is 0 Å². The van der Waals surface area contributed by atoms with Gasteiger partial charge in [-0.25, -0.2) is 0 Å². The summed E-state index contributed by atoms with van der Waals surface area (Å²) in [6.45, 7) is 1.97. The third kappa shape index (κ3) is 4.55. The van der Waals surface area contributed by atoms with Gasteiger partial charge in [-0.2, -0.15) is 0 Å². The van der Waals surface area contributed by atoms with E-state index in [1.165, 1.54) is 12.8 Å². The van der Waals surface area contributed by atoms with E-state index in [9.17, 15) is 4.79 Å². The van der Waals surface area contributed by atoms with Gasteiger partial charge in [-0.3, -0.25) is 4.79 Å². The van der Waals surface area contributed by atoms with Gasteiger partial charge in [-0.1, -0.05) is 25.0 Å². The normalized spacial score (nSPS) is 17.4. The van der Waals surface area contributed by atoms with Gasteiger partial charge in [0.25, 0.3) is 0 Å². The number of amides is 1. The van der Waals surface area contributed by atoms with Crippen molar-refractivity contribution in [3.05, 3.63) is 29.8 Å². The predicted octanol–water partition coefficient (Wildman–Crippen LogP) is 2.86. The zero-order chi connectivity index (χ0) is 13.7. The number of carbonyl (C=O) groups excluding carboxylic acids is 1. The van der Waals surface area contributed by atoms with Crippen molar-refractivity contribution in [2.75, 3.05) is 5.75 Å². The van der Waals surface area contributed by atoms with E-state index >= 15 is 0 Å². The molecule has 0 bridgehead atoms. The number of carbonyl (C=O) groups is 1. The van der Waals surface area contributed by atoms with E-state index in [4.69, 9.17) is 5.73 Å². The standard InChI is InChI=1S/C15H22N2OS/c1-11(16)12-5-4-8-14(9-12)19-10-15(18)17-13-6-2-3-7-13/h4-5,8-9,11,13H,2-3,6-7,10,16H2,1H3,(H,17,18). The molecule has 0 heterocycles. The minimum Gasteiger partial charge on any atom is -0.353 e. The Labute approximate surface area is 119 Å². The molecule has 4 heteroatoms. The Bertz CT molecular complexity index is 428. The lowest BCUT2D eigenvalue weighted by molar-refractivity contribution is -0.119. The molecule has 3 N–H and O–H groups in total. The lowest BCUT2D eigenvalue weighted by Gasteiger charge is -2.12. The second-order valence-corrected chi connectivity index (χ2v) is 6.25.